The first kappa shape index (κ1) is 29.6. The molecule has 2 heterocycles. The van der Waals surface area contributed by atoms with Crippen molar-refractivity contribution in [2.75, 3.05) is 6.54 Å². The zero-order valence-electron chi connectivity index (χ0n) is 22.5. The van der Waals surface area contributed by atoms with Crippen molar-refractivity contribution in [1.82, 2.24) is 24.9 Å². The second-order valence-electron chi connectivity index (χ2n) is 9.93. The number of amides is 1. The average molecular weight is 551 g/mol. The largest absolute Gasteiger partial charge is 0.351 e. The zero-order chi connectivity index (χ0) is 25.3. The first-order valence-corrected chi connectivity index (χ1v) is 14.8. The van der Waals surface area contributed by atoms with Crippen LogP contribution in [0.3, 0.4) is 0 Å². The number of hydrogen-bond donors (Lipinski definition) is 1. The summed E-state index contributed by atoms with van der Waals surface area (Å²) in [6, 6.07) is 1.77. The minimum absolute atomic E-state index is 0.0979. The third-order valence-electron chi connectivity index (χ3n) is 6.76. The Morgan fingerprint density at radius 1 is 0.829 bits per heavy atom. The Kier molecular flexibility index (Phi) is 15.0. The number of nitrogens with zero attached hydrogens (tertiary/aromatic N) is 4. The van der Waals surface area contributed by atoms with Gasteiger partial charge < -0.3 is 5.32 Å². The molecule has 1 N–H and O–H groups in total. The fourth-order valence-electron chi connectivity index (χ4n) is 4.48. The lowest BCUT2D eigenvalue weighted by atomic mass is 10.0. The Bertz CT molecular complexity index is 845. The summed E-state index contributed by atoms with van der Waals surface area (Å²) < 4.78 is 4.64. The number of carbonyl (C=O) groups excluding carboxylic acids is 1. The molecule has 0 aliphatic carbocycles. The molecule has 2 rings (SSSR count). The van der Waals surface area contributed by atoms with Crippen molar-refractivity contribution in [1.29, 1.82) is 0 Å². The smallest absolute Gasteiger partial charge is 0.271 e. The summed E-state index contributed by atoms with van der Waals surface area (Å²) in [4.78, 5) is 12.4. The highest BCUT2D eigenvalue weighted by Crippen LogP contribution is 2.19. The predicted octanol–water partition coefficient (Wildman–Crippen LogP) is 7.96. The third kappa shape index (κ3) is 11.8. The monoisotopic (exact) mass is 549 g/mol. The number of rotatable bonds is 20. The SMILES string of the molecule is CCCCCCCCCCCCCCCCCCNC(=O)c1ccn(Cn2nc(C)c(Br)c2C)n1. The van der Waals surface area contributed by atoms with E-state index in [-0.39, 0.29) is 5.91 Å². The van der Waals surface area contributed by atoms with E-state index >= 15 is 0 Å². The van der Waals surface area contributed by atoms with Crippen molar-refractivity contribution in [3.63, 3.8) is 0 Å². The van der Waals surface area contributed by atoms with Crippen LogP contribution < -0.4 is 5.32 Å². The summed E-state index contributed by atoms with van der Waals surface area (Å²) in [5.74, 6) is -0.0979. The number of halogens is 1. The lowest BCUT2D eigenvalue weighted by molar-refractivity contribution is 0.0947. The van der Waals surface area contributed by atoms with E-state index in [2.05, 4.69) is 38.4 Å². The molecule has 0 spiro atoms. The third-order valence-corrected chi connectivity index (χ3v) is 7.91. The topological polar surface area (TPSA) is 64.7 Å². The molecule has 0 fully saturated rings. The van der Waals surface area contributed by atoms with Crippen LogP contribution >= 0.6 is 15.9 Å². The van der Waals surface area contributed by atoms with Gasteiger partial charge in [0, 0.05) is 12.7 Å². The van der Waals surface area contributed by atoms with E-state index in [0.717, 1.165) is 22.3 Å². The molecule has 1 amide bonds. The van der Waals surface area contributed by atoms with Crippen LogP contribution in [0.1, 0.15) is 132 Å². The van der Waals surface area contributed by atoms with Crippen LogP contribution in [0.5, 0.6) is 0 Å². The van der Waals surface area contributed by atoms with E-state index in [1.165, 1.54) is 96.3 Å². The number of nitrogens with one attached hydrogen (secondary N) is 1. The molecule has 7 heteroatoms. The lowest BCUT2D eigenvalue weighted by Gasteiger charge is -2.05. The summed E-state index contributed by atoms with van der Waals surface area (Å²) >= 11 is 3.54. The molecule has 0 atom stereocenters. The van der Waals surface area contributed by atoms with Crippen LogP contribution in [0.25, 0.3) is 0 Å². The predicted molar refractivity (Wildman–Crippen MR) is 149 cm³/mol. The van der Waals surface area contributed by atoms with E-state index in [9.17, 15) is 4.79 Å². The quantitative estimate of drug-likeness (QED) is 0.170. The average Bonchev–Trinajstić information content (AvgIpc) is 3.41. The molecule has 2 aromatic rings. The number of unbranched alkanes of at least 4 members (excludes halogenated alkanes) is 15. The molecule has 0 saturated heterocycles. The van der Waals surface area contributed by atoms with Gasteiger partial charge in [0.1, 0.15) is 12.4 Å². The van der Waals surface area contributed by atoms with E-state index in [1.54, 1.807) is 10.7 Å². The number of aromatic nitrogens is 4. The summed E-state index contributed by atoms with van der Waals surface area (Å²) in [5, 5.41) is 11.9. The van der Waals surface area contributed by atoms with E-state index in [4.69, 9.17) is 0 Å². The molecule has 198 valence electrons. The standard InChI is InChI=1S/C28H48BrN5O/c1-4-5-6-7-8-9-10-11-12-13-14-15-16-17-18-19-21-30-28(35)26-20-22-33(32-26)23-34-25(3)27(29)24(2)31-34/h20,22H,4-19,21,23H2,1-3H3,(H,30,35). The number of aryl methyl sites for hydroxylation is 1. The molecule has 0 aromatic carbocycles. The molecular weight excluding hydrogens is 502 g/mol. The molecule has 6 nitrogen and oxygen atoms in total. The van der Waals surface area contributed by atoms with Crippen LogP contribution in [0.2, 0.25) is 0 Å². The highest BCUT2D eigenvalue weighted by Gasteiger charge is 2.12. The second-order valence-corrected chi connectivity index (χ2v) is 10.7. The van der Waals surface area contributed by atoms with Gasteiger partial charge in [0.25, 0.3) is 5.91 Å². The van der Waals surface area contributed by atoms with Gasteiger partial charge in [-0.15, -0.1) is 0 Å². The van der Waals surface area contributed by atoms with Gasteiger partial charge in [0.15, 0.2) is 0 Å². The van der Waals surface area contributed by atoms with Gasteiger partial charge in [-0.25, -0.2) is 4.68 Å². The van der Waals surface area contributed by atoms with Crippen molar-refractivity contribution in [3.8, 4) is 0 Å². The van der Waals surface area contributed by atoms with Crippen LogP contribution in [0.4, 0.5) is 0 Å². The van der Waals surface area contributed by atoms with Gasteiger partial charge in [0.05, 0.1) is 15.9 Å². The Hall–Kier alpha value is -1.63. The van der Waals surface area contributed by atoms with Crippen LogP contribution in [-0.4, -0.2) is 32.0 Å². The van der Waals surface area contributed by atoms with Crippen molar-refractivity contribution in [3.05, 3.63) is 33.8 Å². The van der Waals surface area contributed by atoms with Crippen molar-refractivity contribution < 1.29 is 4.79 Å². The molecule has 0 bridgehead atoms. The number of carbonyl (C=O) groups is 1. The van der Waals surface area contributed by atoms with E-state index in [1.807, 2.05) is 24.7 Å². The molecular formula is C28H48BrN5O. The van der Waals surface area contributed by atoms with Crippen LogP contribution in [0.15, 0.2) is 16.7 Å². The Labute approximate surface area is 221 Å². The van der Waals surface area contributed by atoms with Crippen LogP contribution in [0, 0.1) is 13.8 Å². The minimum Gasteiger partial charge on any atom is -0.351 e. The van der Waals surface area contributed by atoms with Crippen molar-refractivity contribution in [2.45, 2.75) is 130 Å². The maximum Gasteiger partial charge on any atom is 0.271 e. The maximum absolute atomic E-state index is 12.4. The van der Waals surface area contributed by atoms with Crippen molar-refractivity contribution in [2.24, 2.45) is 0 Å². The Morgan fingerprint density at radius 3 is 1.83 bits per heavy atom. The normalized spacial score (nSPS) is 11.3. The first-order chi connectivity index (χ1) is 17.0. The summed E-state index contributed by atoms with van der Waals surface area (Å²) in [6.45, 7) is 7.47. The highest BCUT2D eigenvalue weighted by atomic mass is 79.9. The fourth-order valence-corrected chi connectivity index (χ4v) is 4.76. The van der Waals surface area contributed by atoms with Crippen LogP contribution in [-0.2, 0) is 6.67 Å². The minimum atomic E-state index is -0.0979. The van der Waals surface area contributed by atoms with Gasteiger partial charge in [0.2, 0.25) is 0 Å². The number of hydrogen-bond acceptors (Lipinski definition) is 3. The summed E-state index contributed by atoms with van der Waals surface area (Å²) in [6.07, 6.45) is 23.5. The molecule has 0 radical (unpaired) electrons. The maximum atomic E-state index is 12.4. The molecule has 0 unspecified atom stereocenters. The van der Waals surface area contributed by atoms with Gasteiger partial charge in [-0.1, -0.05) is 103 Å². The zero-order valence-corrected chi connectivity index (χ0v) is 24.0. The molecule has 0 aliphatic heterocycles. The molecule has 0 aliphatic rings. The highest BCUT2D eigenvalue weighted by molar-refractivity contribution is 9.10. The first-order valence-electron chi connectivity index (χ1n) is 14.0. The molecule has 35 heavy (non-hydrogen) atoms. The van der Waals surface area contributed by atoms with E-state index in [0.29, 0.717) is 18.9 Å². The van der Waals surface area contributed by atoms with Gasteiger partial charge >= 0.3 is 0 Å². The van der Waals surface area contributed by atoms with E-state index < -0.39 is 0 Å². The van der Waals surface area contributed by atoms with Gasteiger partial charge in [-0.3, -0.25) is 9.48 Å². The van der Waals surface area contributed by atoms with Gasteiger partial charge in [-0.2, -0.15) is 10.2 Å². The Balaban J connectivity index is 1.42. The molecule has 2 aromatic heterocycles. The van der Waals surface area contributed by atoms with Gasteiger partial charge in [-0.05, 0) is 42.3 Å². The second kappa shape index (κ2) is 17.7. The fraction of sp³-hybridized carbons (Fsp3) is 0.750. The lowest BCUT2D eigenvalue weighted by Crippen LogP contribution is -2.25. The van der Waals surface area contributed by atoms with Crippen molar-refractivity contribution >= 4 is 21.8 Å². The Morgan fingerprint density at radius 2 is 1.34 bits per heavy atom. The molecule has 0 saturated carbocycles. The summed E-state index contributed by atoms with van der Waals surface area (Å²) in [5.41, 5.74) is 2.46. The summed E-state index contributed by atoms with van der Waals surface area (Å²) in [7, 11) is 0.